The van der Waals surface area contributed by atoms with Crippen LogP contribution >= 0.6 is 0 Å². The SMILES string of the molecule is Cc1ccc(Nc2cc(N3CCN(C(=O)C4CCC(=O)NC4)CC3)nc(C)n2)cc1. The van der Waals surface area contributed by atoms with Crippen molar-refractivity contribution in [2.24, 2.45) is 5.92 Å². The lowest BCUT2D eigenvalue weighted by Crippen LogP contribution is -2.52. The van der Waals surface area contributed by atoms with Crippen LogP contribution in [-0.2, 0) is 9.59 Å². The molecule has 1 atom stereocenters. The molecular weight excluding hydrogens is 380 g/mol. The van der Waals surface area contributed by atoms with Gasteiger partial charge >= 0.3 is 0 Å². The molecule has 2 fully saturated rings. The Morgan fingerprint density at radius 3 is 2.50 bits per heavy atom. The van der Waals surface area contributed by atoms with Crippen molar-refractivity contribution in [1.82, 2.24) is 20.2 Å². The van der Waals surface area contributed by atoms with E-state index in [1.807, 2.05) is 30.0 Å². The van der Waals surface area contributed by atoms with Gasteiger partial charge in [-0.3, -0.25) is 9.59 Å². The normalized spacial score (nSPS) is 19.4. The minimum absolute atomic E-state index is 0.0399. The average molecular weight is 409 g/mol. The molecule has 1 aromatic heterocycles. The molecule has 2 aromatic rings. The van der Waals surface area contributed by atoms with Crippen molar-refractivity contribution in [1.29, 1.82) is 0 Å². The Morgan fingerprint density at radius 1 is 1.10 bits per heavy atom. The van der Waals surface area contributed by atoms with Crippen LogP contribution in [0.1, 0.15) is 24.2 Å². The maximum Gasteiger partial charge on any atom is 0.227 e. The van der Waals surface area contributed by atoms with E-state index in [1.165, 1.54) is 5.56 Å². The lowest BCUT2D eigenvalue weighted by atomic mass is 9.97. The highest BCUT2D eigenvalue weighted by Crippen LogP contribution is 2.22. The summed E-state index contributed by atoms with van der Waals surface area (Å²) in [4.78, 5) is 37.3. The summed E-state index contributed by atoms with van der Waals surface area (Å²) in [5, 5.41) is 6.15. The Morgan fingerprint density at radius 2 is 1.83 bits per heavy atom. The van der Waals surface area contributed by atoms with Crippen molar-refractivity contribution in [2.45, 2.75) is 26.7 Å². The van der Waals surface area contributed by atoms with E-state index in [-0.39, 0.29) is 17.7 Å². The van der Waals surface area contributed by atoms with Gasteiger partial charge in [-0.25, -0.2) is 9.97 Å². The van der Waals surface area contributed by atoms with Gasteiger partial charge in [-0.1, -0.05) is 17.7 Å². The van der Waals surface area contributed by atoms with Crippen LogP contribution in [0.5, 0.6) is 0 Å². The third kappa shape index (κ3) is 4.69. The van der Waals surface area contributed by atoms with Crippen LogP contribution in [0.15, 0.2) is 30.3 Å². The van der Waals surface area contributed by atoms with Crippen LogP contribution in [0.25, 0.3) is 0 Å². The predicted molar refractivity (Wildman–Crippen MR) is 116 cm³/mol. The first-order valence-corrected chi connectivity index (χ1v) is 10.5. The molecule has 0 spiro atoms. The Labute approximate surface area is 176 Å². The average Bonchev–Trinajstić information content (AvgIpc) is 2.75. The molecule has 30 heavy (non-hydrogen) atoms. The molecule has 2 saturated heterocycles. The van der Waals surface area contributed by atoms with Crippen LogP contribution in [0.2, 0.25) is 0 Å². The largest absolute Gasteiger partial charge is 0.355 e. The van der Waals surface area contributed by atoms with E-state index >= 15 is 0 Å². The van der Waals surface area contributed by atoms with E-state index in [2.05, 4.69) is 44.6 Å². The number of hydrogen-bond acceptors (Lipinski definition) is 6. The molecule has 2 N–H and O–H groups in total. The van der Waals surface area contributed by atoms with E-state index < -0.39 is 0 Å². The van der Waals surface area contributed by atoms with Gasteiger partial charge in [-0.2, -0.15) is 0 Å². The molecular formula is C22H28N6O2. The van der Waals surface area contributed by atoms with Gasteiger partial charge < -0.3 is 20.4 Å². The van der Waals surface area contributed by atoms with Gasteiger partial charge in [0.25, 0.3) is 0 Å². The fraction of sp³-hybridized carbons (Fsp3) is 0.455. The molecule has 8 nitrogen and oxygen atoms in total. The minimum atomic E-state index is -0.0964. The van der Waals surface area contributed by atoms with E-state index in [0.29, 0.717) is 38.3 Å². The summed E-state index contributed by atoms with van der Waals surface area (Å²) < 4.78 is 0. The quantitative estimate of drug-likeness (QED) is 0.804. The van der Waals surface area contributed by atoms with Crippen LogP contribution in [0.4, 0.5) is 17.3 Å². The van der Waals surface area contributed by atoms with Gasteiger partial charge in [0.2, 0.25) is 11.8 Å². The molecule has 2 aliphatic heterocycles. The maximum absolute atomic E-state index is 12.8. The Bertz CT molecular complexity index is 912. The summed E-state index contributed by atoms with van der Waals surface area (Å²) in [5.41, 5.74) is 2.20. The first-order valence-electron chi connectivity index (χ1n) is 10.5. The van der Waals surface area contributed by atoms with Gasteiger partial charge in [0, 0.05) is 50.9 Å². The lowest BCUT2D eigenvalue weighted by Gasteiger charge is -2.37. The molecule has 158 valence electrons. The molecule has 0 saturated carbocycles. The van der Waals surface area contributed by atoms with Gasteiger partial charge in [0.1, 0.15) is 17.5 Å². The summed E-state index contributed by atoms with van der Waals surface area (Å²) >= 11 is 0. The standard InChI is InChI=1S/C22H28N6O2/c1-15-3-6-18(7-4-15)26-19-13-20(25-16(2)24-19)27-9-11-28(12-10-27)22(30)17-5-8-21(29)23-14-17/h3-4,6-7,13,17H,5,8-12,14H2,1-2H3,(H,23,29)(H,24,25,26). The zero-order valence-electron chi connectivity index (χ0n) is 17.5. The Hall–Kier alpha value is -3.16. The van der Waals surface area contributed by atoms with Crippen LogP contribution in [-0.4, -0.2) is 59.4 Å². The smallest absolute Gasteiger partial charge is 0.227 e. The third-order valence-corrected chi connectivity index (χ3v) is 5.68. The van der Waals surface area contributed by atoms with Crippen molar-refractivity contribution in [3.8, 4) is 0 Å². The second-order valence-electron chi connectivity index (χ2n) is 8.00. The van der Waals surface area contributed by atoms with E-state index in [1.54, 1.807) is 0 Å². The summed E-state index contributed by atoms with van der Waals surface area (Å²) in [6.45, 7) is 7.18. The minimum Gasteiger partial charge on any atom is -0.355 e. The fourth-order valence-electron chi connectivity index (χ4n) is 3.92. The first kappa shape index (κ1) is 20.1. The number of carbonyl (C=O) groups excluding carboxylic acids is 2. The van der Waals surface area contributed by atoms with Crippen LogP contribution in [0, 0.1) is 19.8 Å². The number of nitrogens with zero attached hydrogens (tertiary/aromatic N) is 4. The highest BCUT2D eigenvalue weighted by atomic mass is 16.2. The zero-order valence-corrected chi connectivity index (χ0v) is 17.5. The second-order valence-corrected chi connectivity index (χ2v) is 8.00. The number of hydrogen-bond donors (Lipinski definition) is 2. The van der Waals surface area contributed by atoms with Crippen molar-refractivity contribution in [3.63, 3.8) is 0 Å². The maximum atomic E-state index is 12.8. The molecule has 1 unspecified atom stereocenters. The molecule has 0 bridgehead atoms. The summed E-state index contributed by atoms with van der Waals surface area (Å²) in [7, 11) is 0. The number of anilines is 3. The number of piperazine rings is 1. The molecule has 2 aliphatic rings. The Balaban J connectivity index is 1.38. The first-order chi connectivity index (χ1) is 14.5. The number of carbonyl (C=O) groups is 2. The molecule has 2 amide bonds. The molecule has 0 aliphatic carbocycles. The van der Waals surface area contributed by atoms with E-state index in [9.17, 15) is 9.59 Å². The van der Waals surface area contributed by atoms with Crippen molar-refractivity contribution in [2.75, 3.05) is 42.9 Å². The molecule has 4 rings (SSSR count). The fourth-order valence-corrected chi connectivity index (χ4v) is 3.92. The molecule has 0 radical (unpaired) electrons. The molecule has 8 heteroatoms. The van der Waals surface area contributed by atoms with Gasteiger partial charge in [0.05, 0.1) is 5.92 Å². The number of rotatable bonds is 4. The summed E-state index contributed by atoms with van der Waals surface area (Å²) in [6, 6.07) is 10.1. The zero-order chi connectivity index (χ0) is 21.1. The van der Waals surface area contributed by atoms with Gasteiger partial charge in [-0.05, 0) is 32.4 Å². The number of benzene rings is 1. The predicted octanol–water partition coefficient (Wildman–Crippen LogP) is 2.01. The number of aromatic nitrogens is 2. The number of amides is 2. The summed E-state index contributed by atoms with van der Waals surface area (Å²) in [6.07, 6.45) is 1.08. The monoisotopic (exact) mass is 408 g/mol. The van der Waals surface area contributed by atoms with E-state index in [4.69, 9.17) is 0 Å². The van der Waals surface area contributed by atoms with Crippen molar-refractivity contribution < 1.29 is 9.59 Å². The number of nitrogens with one attached hydrogen (secondary N) is 2. The van der Waals surface area contributed by atoms with Gasteiger partial charge in [-0.15, -0.1) is 0 Å². The third-order valence-electron chi connectivity index (χ3n) is 5.68. The Kier molecular flexibility index (Phi) is 5.83. The lowest BCUT2D eigenvalue weighted by molar-refractivity contribution is -0.137. The second kappa shape index (κ2) is 8.69. The molecule has 1 aromatic carbocycles. The number of aryl methyl sites for hydroxylation is 2. The topological polar surface area (TPSA) is 90.5 Å². The van der Waals surface area contributed by atoms with Crippen LogP contribution in [0.3, 0.4) is 0 Å². The summed E-state index contributed by atoms with van der Waals surface area (Å²) in [5.74, 6) is 2.43. The molecule has 3 heterocycles. The van der Waals surface area contributed by atoms with Crippen molar-refractivity contribution >= 4 is 29.1 Å². The van der Waals surface area contributed by atoms with Crippen molar-refractivity contribution in [3.05, 3.63) is 41.7 Å². The number of piperidine rings is 1. The highest BCUT2D eigenvalue weighted by Gasteiger charge is 2.30. The van der Waals surface area contributed by atoms with Gasteiger partial charge in [0.15, 0.2) is 0 Å². The highest BCUT2D eigenvalue weighted by molar-refractivity contribution is 5.84. The van der Waals surface area contributed by atoms with E-state index in [0.717, 1.165) is 30.4 Å². The van der Waals surface area contributed by atoms with Crippen LogP contribution < -0.4 is 15.5 Å².